The molecule has 0 N–H and O–H groups in total. The number of hydrogen-bond donors (Lipinski definition) is 0. The van der Waals surface area contributed by atoms with Crippen molar-refractivity contribution in [3.05, 3.63) is 60.2 Å². The quantitative estimate of drug-likeness (QED) is 0.475. The van der Waals surface area contributed by atoms with E-state index in [4.69, 9.17) is 4.52 Å². The molecule has 2 aromatic carbocycles. The zero-order chi connectivity index (χ0) is 21.4. The van der Waals surface area contributed by atoms with Gasteiger partial charge in [0.1, 0.15) is 0 Å². The van der Waals surface area contributed by atoms with Crippen LogP contribution in [0.3, 0.4) is 0 Å². The van der Waals surface area contributed by atoms with Gasteiger partial charge in [-0.1, -0.05) is 23.7 Å². The van der Waals surface area contributed by atoms with Crippen LogP contribution in [-0.2, 0) is 23.5 Å². The standard InChI is InChI=1S/C22H23N5O3S/c1-26-15-23-19-14-17(7-10-20(19)26)22-24-21(30-25-22)13-16-5-8-18(9-6-16)31(28,29)27-11-3-2-4-12-27/h5-10,14-15H,2-4,11-13H2,1H3. The molecule has 1 aliphatic heterocycles. The highest BCUT2D eigenvalue weighted by atomic mass is 32.2. The van der Waals surface area contributed by atoms with Crippen LogP contribution in [0.4, 0.5) is 0 Å². The van der Waals surface area contributed by atoms with Crippen molar-refractivity contribution in [2.75, 3.05) is 13.1 Å². The van der Waals surface area contributed by atoms with Crippen molar-refractivity contribution >= 4 is 21.1 Å². The molecule has 0 unspecified atom stereocenters. The minimum absolute atomic E-state index is 0.327. The lowest BCUT2D eigenvalue weighted by Gasteiger charge is -2.25. The van der Waals surface area contributed by atoms with Gasteiger partial charge < -0.3 is 9.09 Å². The molecule has 0 amide bonds. The van der Waals surface area contributed by atoms with E-state index in [0.717, 1.165) is 41.4 Å². The SMILES string of the molecule is Cn1cnc2cc(-c3noc(Cc4ccc(S(=O)(=O)N5CCCCC5)cc4)n3)ccc21. The van der Waals surface area contributed by atoms with E-state index in [1.165, 1.54) is 0 Å². The fourth-order valence-electron chi connectivity index (χ4n) is 3.93. The Balaban J connectivity index is 1.32. The molecule has 0 aliphatic carbocycles. The second-order valence-corrected chi connectivity index (χ2v) is 9.79. The Labute approximate surface area is 180 Å². The van der Waals surface area contributed by atoms with Crippen LogP contribution in [0, 0.1) is 0 Å². The molecule has 160 valence electrons. The second-order valence-electron chi connectivity index (χ2n) is 7.86. The van der Waals surface area contributed by atoms with Crippen molar-refractivity contribution in [1.82, 2.24) is 24.0 Å². The average molecular weight is 438 g/mol. The molecule has 0 radical (unpaired) electrons. The van der Waals surface area contributed by atoms with Crippen LogP contribution >= 0.6 is 0 Å². The highest BCUT2D eigenvalue weighted by molar-refractivity contribution is 7.89. The zero-order valence-corrected chi connectivity index (χ0v) is 18.0. The van der Waals surface area contributed by atoms with Gasteiger partial charge in [-0.25, -0.2) is 13.4 Å². The van der Waals surface area contributed by atoms with Crippen molar-refractivity contribution in [2.45, 2.75) is 30.6 Å². The topological polar surface area (TPSA) is 94.1 Å². The minimum Gasteiger partial charge on any atom is -0.339 e. The Morgan fingerprint density at radius 1 is 1.03 bits per heavy atom. The Bertz CT molecular complexity index is 1320. The van der Waals surface area contributed by atoms with Gasteiger partial charge in [-0.15, -0.1) is 0 Å². The lowest BCUT2D eigenvalue weighted by molar-refractivity contribution is 0.346. The number of rotatable bonds is 5. The van der Waals surface area contributed by atoms with Crippen molar-refractivity contribution in [1.29, 1.82) is 0 Å². The Hall–Kier alpha value is -3.04. The molecule has 1 aliphatic rings. The molecule has 31 heavy (non-hydrogen) atoms. The normalized spacial score (nSPS) is 15.5. The molecule has 5 rings (SSSR count). The molecule has 2 aromatic heterocycles. The molecule has 0 spiro atoms. The number of sulfonamides is 1. The fraction of sp³-hybridized carbons (Fsp3) is 0.318. The number of aryl methyl sites for hydroxylation is 1. The van der Waals surface area contributed by atoms with Crippen molar-refractivity contribution in [2.24, 2.45) is 7.05 Å². The van der Waals surface area contributed by atoms with Gasteiger partial charge in [0, 0.05) is 25.7 Å². The van der Waals surface area contributed by atoms with Gasteiger partial charge in [-0.05, 0) is 48.7 Å². The van der Waals surface area contributed by atoms with E-state index in [2.05, 4.69) is 15.1 Å². The molecule has 9 heteroatoms. The van der Waals surface area contributed by atoms with Gasteiger partial charge in [0.15, 0.2) is 0 Å². The van der Waals surface area contributed by atoms with Crippen LogP contribution in [0.25, 0.3) is 22.4 Å². The van der Waals surface area contributed by atoms with Crippen LogP contribution < -0.4 is 0 Å². The van der Waals surface area contributed by atoms with E-state index in [9.17, 15) is 8.42 Å². The minimum atomic E-state index is -3.43. The van der Waals surface area contributed by atoms with Crippen LogP contribution in [0.15, 0.2) is 58.2 Å². The van der Waals surface area contributed by atoms with Gasteiger partial charge in [0.25, 0.3) is 0 Å². The monoisotopic (exact) mass is 437 g/mol. The van der Waals surface area contributed by atoms with E-state index in [-0.39, 0.29) is 0 Å². The summed E-state index contributed by atoms with van der Waals surface area (Å²) < 4.78 is 34.5. The number of fused-ring (bicyclic) bond motifs is 1. The number of nitrogens with zero attached hydrogens (tertiary/aromatic N) is 5. The van der Waals surface area contributed by atoms with E-state index in [1.807, 2.05) is 29.8 Å². The Morgan fingerprint density at radius 3 is 2.58 bits per heavy atom. The first-order valence-electron chi connectivity index (χ1n) is 10.3. The highest BCUT2D eigenvalue weighted by Crippen LogP contribution is 2.23. The number of hydrogen-bond acceptors (Lipinski definition) is 6. The van der Waals surface area contributed by atoms with Crippen molar-refractivity contribution in [3.63, 3.8) is 0 Å². The Morgan fingerprint density at radius 2 is 1.81 bits per heavy atom. The molecule has 1 fully saturated rings. The first kappa shape index (κ1) is 19.9. The predicted molar refractivity (Wildman–Crippen MR) is 116 cm³/mol. The molecule has 3 heterocycles. The van der Waals surface area contributed by atoms with E-state index >= 15 is 0 Å². The van der Waals surface area contributed by atoms with Gasteiger partial charge in [-0.2, -0.15) is 9.29 Å². The van der Waals surface area contributed by atoms with Gasteiger partial charge in [-0.3, -0.25) is 0 Å². The summed E-state index contributed by atoms with van der Waals surface area (Å²) in [6.45, 7) is 1.19. The predicted octanol–water partition coefficient (Wildman–Crippen LogP) is 3.39. The first-order valence-corrected chi connectivity index (χ1v) is 11.8. The molecular formula is C22H23N5O3S. The van der Waals surface area contributed by atoms with Crippen LogP contribution in [0.2, 0.25) is 0 Å². The lowest BCUT2D eigenvalue weighted by Crippen LogP contribution is -2.35. The highest BCUT2D eigenvalue weighted by Gasteiger charge is 2.25. The third-order valence-corrected chi connectivity index (χ3v) is 7.60. The summed E-state index contributed by atoms with van der Waals surface area (Å²) >= 11 is 0. The maximum absolute atomic E-state index is 12.8. The summed E-state index contributed by atoms with van der Waals surface area (Å²) in [7, 11) is -1.48. The lowest BCUT2D eigenvalue weighted by atomic mass is 10.1. The van der Waals surface area contributed by atoms with Gasteiger partial charge in [0.05, 0.1) is 28.7 Å². The largest absolute Gasteiger partial charge is 0.339 e. The maximum Gasteiger partial charge on any atom is 0.243 e. The van der Waals surface area contributed by atoms with E-state index < -0.39 is 10.0 Å². The second kappa shape index (κ2) is 7.90. The van der Waals surface area contributed by atoms with E-state index in [0.29, 0.717) is 36.1 Å². The Kier molecular flexibility index (Phi) is 5.07. The van der Waals surface area contributed by atoms with Crippen molar-refractivity contribution < 1.29 is 12.9 Å². The van der Waals surface area contributed by atoms with E-state index in [1.54, 1.807) is 34.9 Å². The molecule has 4 aromatic rings. The van der Waals surface area contributed by atoms with Crippen LogP contribution in [0.5, 0.6) is 0 Å². The summed E-state index contributed by atoms with van der Waals surface area (Å²) in [6.07, 6.45) is 5.13. The zero-order valence-electron chi connectivity index (χ0n) is 17.2. The maximum atomic E-state index is 12.8. The van der Waals surface area contributed by atoms with Gasteiger partial charge >= 0.3 is 0 Å². The third kappa shape index (κ3) is 3.86. The summed E-state index contributed by atoms with van der Waals surface area (Å²) in [5.41, 5.74) is 3.65. The van der Waals surface area contributed by atoms with Crippen molar-refractivity contribution in [3.8, 4) is 11.4 Å². The molecule has 0 saturated carbocycles. The smallest absolute Gasteiger partial charge is 0.243 e. The molecule has 0 atom stereocenters. The summed E-state index contributed by atoms with van der Waals surface area (Å²) in [4.78, 5) is 9.19. The number of piperidine rings is 1. The molecule has 0 bridgehead atoms. The summed E-state index contributed by atoms with van der Waals surface area (Å²) in [5.74, 6) is 0.981. The number of imidazole rings is 1. The summed E-state index contributed by atoms with van der Waals surface area (Å²) in [6, 6.07) is 12.8. The third-order valence-electron chi connectivity index (χ3n) is 5.68. The number of aromatic nitrogens is 4. The first-order chi connectivity index (χ1) is 15.0. The molecule has 8 nitrogen and oxygen atoms in total. The van der Waals surface area contributed by atoms with Crippen LogP contribution in [0.1, 0.15) is 30.7 Å². The molecular weight excluding hydrogens is 414 g/mol. The average Bonchev–Trinajstić information content (AvgIpc) is 3.41. The number of benzene rings is 2. The van der Waals surface area contributed by atoms with Crippen LogP contribution in [-0.4, -0.2) is 45.5 Å². The molecule has 1 saturated heterocycles. The van der Waals surface area contributed by atoms with Gasteiger partial charge in [0.2, 0.25) is 21.7 Å². The summed E-state index contributed by atoms with van der Waals surface area (Å²) in [5, 5.41) is 4.09. The fourth-order valence-corrected chi connectivity index (χ4v) is 5.44.